The minimum absolute atomic E-state index is 0.0509. The molecule has 0 amide bonds. The van der Waals surface area contributed by atoms with E-state index in [0.29, 0.717) is 16.8 Å². The molecule has 0 spiro atoms. The summed E-state index contributed by atoms with van der Waals surface area (Å²) < 4.78 is 55.7. The van der Waals surface area contributed by atoms with Gasteiger partial charge in [0.1, 0.15) is 11.6 Å². The molecule has 0 radical (unpaired) electrons. The van der Waals surface area contributed by atoms with Crippen molar-refractivity contribution in [3.8, 4) is 22.5 Å². The van der Waals surface area contributed by atoms with Gasteiger partial charge in [0.05, 0.1) is 11.4 Å². The highest BCUT2D eigenvalue weighted by atomic mass is 32.2. The van der Waals surface area contributed by atoms with Crippen LogP contribution in [0, 0.1) is 11.6 Å². The van der Waals surface area contributed by atoms with E-state index in [9.17, 15) is 17.2 Å². The number of halogens is 2. The van der Waals surface area contributed by atoms with Gasteiger partial charge >= 0.3 is 10.2 Å². The van der Waals surface area contributed by atoms with E-state index in [1.54, 1.807) is 0 Å². The molecule has 1 aliphatic rings. The number of anilines is 1. The molecule has 0 unspecified atom stereocenters. The Labute approximate surface area is 152 Å². The lowest BCUT2D eigenvalue weighted by Gasteiger charge is -2.18. The van der Waals surface area contributed by atoms with Crippen LogP contribution in [0.15, 0.2) is 52.9 Å². The number of aromatic nitrogens is 2. The quantitative estimate of drug-likeness (QED) is 0.702. The zero-order chi connectivity index (χ0) is 19.2. The van der Waals surface area contributed by atoms with Gasteiger partial charge in [0.15, 0.2) is 17.3 Å². The van der Waals surface area contributed by atoms with Crippen molar-refractivity contribution in [1.82, 2.24) is 9.97 Å². The molecule has 0 bridgehead atoms. The number of nitrogens with two attached hydrogens (primary N) is 1. The summed E-state index contributed by atoms with van der Waals surface area (Å²) in [6.07, 6.45) is 0. The Hall–Kier alpha value is -3.40. The molecule has 2 heterocycles. The second-order valence-electron chi connectivity index (χ2n) is 5.69. The van der Waals surface area contributed by atoms with Gasteiger partial charge in [-0.05, 0) is 48.5 Å². The molecule has 136 valence electrons. The van der Waals surface area contributed by atoms with Crippen LogP contribution in [0.4, 0.5) is 14.6 Å². The fourth-order valence-electron chi connectivity index (χ4n) is 2.62. The average Bonchev–Trinajstić information content (AvgIpc) is 2.61. The summed E-state index contributed by atoms with van der Waals surface area (Å²) in [5.41, 5.74) is 7.38. The lowest BCUT2D eigenvalue weighted by Crippen LogP contribution is -2.28. The van der Waals surface area contributed by atoms with E-state index in [1.165, 1.54) is 48.5 Å². The maximum absolute atomic E-state index is 13.3. The smallest absolute Gasteiger partial charge is 0.345 e. The third-order valence-corrected chi connectivity index (χ3v) is 4.71. The molecule has 1 aromatic heterocycles. The highest BCUT2D eigenvalue weighted by Gasteiger charge is 2.26. The summed E-state index contributed by atoms with van der Waals surface area (Å²) >= 11 is 0. The number of nitrogens with zero attached hydrogens (tertiary/aromatic N) is 3. The van der Waals surface area contributed by atoms with Crippen molar-refractivity contribution >= 4 is 21.9 Å². The van der Waals surface area contributed by atoms with E-state index in [-0.39, 0.29) is 23.0 Å². The normalized spacial score (nSPS) is 14.8. The molecule has 0 aliphatic carbocycles. The summed E-state index contributed by atoms with van der Waals surface area (Å²) in [5, 5.41) is 0. The second kappa shape index (κ2) is 6.09. The van der Waals surface area contributed by atoms with E-state index in [0.717, 1.165) is 0 Å². The van der Waals surface area contributed by atoms with Gasteiger partial charge < -0.3 is 5.73 Å². The Morgan fingerprint density at radius 3 is 1.78 bits per heavy atom. The van der Waals surface area contributed by atoms with Crippen LogP contribution in [0.25, 0.3) is 22.5 Å². The summed E-state index contributed by atoms with van der Waals surface area (Å²) in [6.45, 7) is 0. The fourth-order valence-corrected chi connectivity index (χ4v) is 3.40. The van der Waals surface area contributed by atoms with Crippen molar-refractivity contribution in [1.29, 1.82) is 0 Å². The van der Waals surface area contributed by atoms with Gasteiger partial charge in [0, 0.05) is 11.1 Å². The highest BCUT2D eigenvalue weighted by molar-refractivity contribution is 7.91. The SMILES string of the molecule is NC1=NS(=O)(=O)Nc2nc(-c3ccc(F)cc3)c(-c3ccc(F)cc3)nc21. The number of fused-ring (bicyclic) bond motifs is 1. The molecule has 3 aromatic rings. The first-order valence-electron chi connectivity index (χ1n) is 7.65. The standard InChI is InChI=1S/C17H11F2N5O2S/c18-11-5-1-9(2-6-11)13-14(10-3-7-12(19)8-4-10)22-17-15(21-13)16(20)23-27(25,26)24-17/h1-8H,(H2,20,23)(H,22,24). The van der Waals surface area contributed by atoms with Gasteiger partial charge in [-0.15, -0.1) is 4.40 Å². The first-order chi connectivity index (χ1) is 12.8. The topological polar surface area (TPSA) is 110 Å². The number of hydrogen-bond acceptors (Lipinski definition) is 5. The predicted molar refractivity (Wildman–Crippen MR) is 96.1 cm³/mol. The molecule has 0 fully saturated rings. The Morgan fingerprint density at radius 2 is 1.26 bits per heavy atom. The van der Waals surface area contributed by atoms with Crippen molar-refractivity contribution in [3.05, 3.63) is 65.9 Å². The van der Waals surface area contributed by atoms with Crippen LogP contribution in [0.2, 0.25) is 0 Å². The van der Waals surface area contributed by atoms with Crippen LogP contribution in [-0.4, -0.2) is 24.2 Å². The molecule has 4 rings (SSSR count). The van der Waals surface area contributed by atoms with Crippen molar-refractivity contribution in [3.63, 3.8) is 0 Å². The summed E-state index contributed by atoms with van der Waals surface area (Å²) in [4.78, 5) is 8.73. The van der Waals surface area contributed by atoms with E-state index < -0.39 is 21.8 Å². The van der Waals surface area contributed by atoms with Crippen molar-refractivity contribution in [2.45, 2.75) is 0 Å². The fraction of sp³-hybridized carbons (Fsp3) is 0. The van der Waals surface area contributed by atoms with E-state index in [2.05, 4.69) is 19.1 Å². The largest absolute Gasteiger partial charge is 0.381 e. The first-order valence-corrected chi connectivity index (χ1v) is 9.09. The average molecular weight is 387 g/mol. The third-order valence-electron chi connectivity index (χ3n) is 3.82. The van der Waals surface area contributed by atoms with Crippen LogP contribution >= 0.6 is 0 Å². The van der Waals surface area contributed by atoms with Crippen molar-refractivity contribution in [2.24, 2.45) is 10.1 Å². The zero-order valence-corrected chi connectivity index (χ0v) is 14.3. The van der Waals surface area contributed by atoms with Gasteiger partial charge in [-0.3, -0.25) is 0 Å². The van der Waals surface area contributed by atoms with Crippen LogP contribution in [0.3, 0.4) is 0 Å². The zero-order valence-electron chi connectivity index (χ0n) is 13.5. The maximum Gasteiger partial charge on any atom is 0.345 e. The molecule has 2 aromatic carbocycles. The second-order valence-corrected chi connectivity index (χ2v) is 7.02. The van der Waals surface area contributed by atoms with Gasteiger partial charge in [-0.1, -0.05) is 0 Å². The van der Waals surface area contributed by atoms with Crippen LogP contribution in [0.5, 0.6) is 0 Å². The Morgan fingerprint density at radius 1 is 0.778 bits per heavy atom. The van der Waals surface area contributed by atoms with Crippen LogP contribution in [0.1, 0.15) is 5.69 Å². The van der Waals surface area contributed by atoms with Gasteiger partial charge in [-0.25, -0.2) is 23.5 Å². The van der Waals surface area contributed by atoms with Gasteiger partial charge in [0.25, 0.3) is 0 Å². The molecule has 3 N–H and O–H groups in total. The molecule has 0 saturated heterocycles. The van der Waals surface area contributed by atoms with E-state index in [4.69, 9.17) is 5.73 Å². The lowest BCUT2D eigenvalue weighted by atomic mass is 10.0. The molecule has 0 atom stereocenters. The molecular formula is C17H11F2N5O2S. The molecular weight excluding hydrogens is 376 g/mol. The van der Waals surface area contributed by atoms with Gasteiger partial charge in [-0.2, -0.15) is 8.42 Å². The molecule has 7 nitrogen and oxygen atoms in total. The molecule has 1 aliphatic heterocycles. The van der Waals surface area contributed by atoms with Crippen molar-refractivity contribution in [2.75, 3.05) is 4.72 Å². The third kappa shape index (κ3) is 3.22. The Balaban J connectivity index is 1.99. The maximum atomic E-state index is 13.3. The highest BCUT2D eigenvalue weighted by Crippen LogP contribution is 2.33. The summed E-state index contributed by atoms with van der Waals surface area (Å²) in [6, 6.07) is 10.9. The number of benzene rings is 2. The number of hydrogen-bond donors (Lipinski definition) is 2. The monoisotopic (exact) mass is 387 g/mol. The number of amidine groups is 1. The van der Waals surface area contributed by atoms with Crippen LogP contribution < -0.4 is 10.5 Å². The Bertz CT molecular complexity index is 1180. The van der Waals surface area contributed by atoms with E-state index in [1.807, 2.05) is 0 Å². The number of nitrogens with one attached hydrogen (secondary N) is 1. The molecule has 10 heteroatoms. The van der Waals surface area contributed by atoms with Crippen LogP contribution in [-0.2, 0) is 10.2 Å². The van der Waals surface area contributed by atoms with Crippen molar-refractivity contribution < 1.29 is 17.2 Å². The molecule has 27 heavy (non-hydrogen) atoms. The van der Waals surface area contributed by atoms with E-state index >= 15 is 0 Å². The summed E-state index contributed by atoms with van der Waals surface area (Å²) in [5.74, 6) is -1.27. The van der Waals surface area contributed by atoms with Gasteiger partial charge in [0.2, 0.25) is 0 Å². The minimum Gasteiger partial charge on any atom is -0.381 e. The first kappa shape index (κ1) is 17.0. The number of rotatable bonds is 2. The lowest BCUT2D eigenvalue weighted by molar-refractivity contribution is 0.602. The Kier molecular flexibility index (Phi) is 3.84. The minimum atomic E-state index is -4.03. The summed E-state index contributed by atoms with van der Waals surface area (Å²) in [7, 11) is -4.03. The molecule has 0 saturated carbocycles. The predicted octanol–water partition coefficient (Wildman–Crippen LogP) is 2.46.